The number of ether oxygens (including phenoxy) is 3. The van der Waals surface area contributed by atoms with E-state index in [1.165, 1.54) is 0 Å². The molecule has 0 bridgehead atoms. The van der Waals surface area contributed by atoms with Gasteiger partial charge in [0.15, 0.2) is 0 Å². The van der Waals surface area contributed by atoms with Gasteiger partial charge in [0, 0.05) is 37.4 Å². The van der Waals surface area contributed by atoms with Crippen LogP contribution in [0.2, 0.25) is 0 Å². The Morgan fingerprint density at radius 3 is 2.43 bits per heavy atom. The number of nitrogens with one attached hydrogen (secondary N) is 1. The van der Waals surface area contributed by atoms with Crippen LogP contribution in [0.4, 0.5) is 0 Å². The van der Waals surface area contributed by atoms with E-state index in [0.717, 1.165) is 23.6 Å². The number of likely N-dealkylation sites (N-methyl/N-ethyl adjacent to an activating group) is 2. The highest BCUT2D eigenvalue weighted by Crippen LogP contribution is 2.29. The summed E-state index contributed by atoms with van der Waals surface area (Å²) in [4.78, 5) is 2.27. The molecule has 0 aliphatic heterocycles. The van der Waals surface area contributed by atoms with Gasteiger partial charge in [-0.2, -0.15) is 0 Å². The lowest BCUT2D eigenvalue weighted by Crippen LogP contribution is -2.39. The standard InChI is InChI=1S/C16H28N2O3/c1-12(11-19-4)18(3)10-15(17-2)14-8-7-13(20-5)9-16(14)21-6/h7-9,12,15,17H,10-11H2,1-6H3. The first kappa shape index (κ1) is 17.8. The molecule has 1 rings (SSSR count). The largest absolute Gasteiger partial charge is 0.497 e. The number of nitrogens with zero attached hydrogens (tertiary/aromatic N) is 1. The number of methoxy groups -OCH3 is 3. The van der Waals surface area contributed by atoms with Gasteiger partial charge in [0.05, 0.1) is 20.8 Å². The van der Waals surface area contributed by atoms with E-state index in [9.17, 15) is 0 Å². The highest BCUT2D eigenvalue weighted by Gasteiger charge is 2.19. The summed E-state index contributed by atoms with van der Waals surface area (Å²) in [5.74, 6) is 1.63. The molecule has 21 heavy (non-hydrogen) atoms. The SMILES string of the molecule is CNC(CN(C)C(C)COC)c1ccc(OC)cc1OC. The van der Waals surface area contributed by atoms with Gasteiger partial charge in [-0.15, -0.1) is 0 Å². The molecule has 0 aliphatic rings. The third-order valence-electron chi connectivity index (χ3n) is 3.80. The maximum absolute atomic E-state index is 5.50. The van der Waals surface area contributed by atoms with Crippen LogP contribution in [-0.4, -0.2) is 59.5 Å². The van der Waals surface area contributed by atoms with E-state index in [-0.39, 0.29) is 6.04 Å². The molecule has 0 radical (unpaired) electrons. The first-order valence-corrected chi connectivity index (χ1v) is 7.15. The van der Waals surface area contributed by atoms with E-state index in [4.69, 9.17) is 14.2 Å². The van der Waals surface area contributed by atoms with Crippen molar-refractivity contribution in [3.63, 3.8) is 0 Å². The van der Waals surface area contributed by atoms with Crippen LogP contribution in [-0.2, 0) is 4.74 Å². The third kappa shape index (κ3) is 4.88. The third-order valence-corrected chi connectivity index (χ3v) is 3.80. The molecule has 5 nitrogen and oxygen atoms in total. The van der Waals surface area contributed by atoms with Crippen LogP contribution in [0.25, 0.3) is 0 Å². The zero-order valence-electron chi connectivity index (χ0n) is 14.0. The predicted molar refractivity (Wildman–Crippen MR) is 85.3 cm³/mol. The van der Waals surface area contributed by atoms with E-state index in [1.54, 1.807) is 21.3 Å². The maximum atomic E-state index is 5.50. The van der Waals surface area contributed by atoms with Crippen molar-refractivity contribution in [2.45, 2.75) is 19.0 Å². The van der Waals surface area contributed by atoms with Crippen LogP contribution in [0, 0.1) is 0 Å². The van der Waals surface area contributed by atoms with Gasteiger partial charge >= 0.3 is 0 Å². The molecule has 2 atom stereocenters. The Kier molecular flexibility index (Phi) is 7.50. The Hall–Kier alpha value is -1.30. The molecule has 0 spiro atoms. The van der Waals surface area contributed by atoms with Crippen molar-refractivity contribution < 1.29 is 14.2 Å². The molecule has 0 aliphatic carbocycles. The summed E-state index contributed by atoms with van der Waals surface area (Å²) in [5.41, 5.74) is 1.12. The molecule has 2 unspecified atom stereocenters. The lowest BCUT2D eigenvalue weighted by molar-refractivity contribution is 0.109. The fourth-order valence-corrected chi connectivity index (χ4v) is 2.29. The van der Waals surface area contributed by atoms with Gasteiger partial charge in [0.1, 0.15) is 11.5 Å². The van der Waals surface area contributed by atoms with Crippen molar-refractivity contribution in [1.82, 2.24) is 10.2 Å². The van der Waals surface area contributed by atoms with Crippen molar-refractivity contribution in [3.8, 4) is 11.5 Å². The Morgan fingerprint density at radius 1 is 1.19 bits per heavy atom. The maximum Gasteiger partial charge on any atom is 0.127 e. The highest BCUT2D eigenvalue weighted by molar-refractivity contribution is 5.42. The van der Waals surface area contributed by atoms with Crippen molar-refractivity contribution >= 4 is 0 Å². The molecular weight excluding hydrogens is 268 g/mol. The van der Waals surface area contributed by atoms with Crippen molar-refractivity contribution in [2.24, 2.45) is 0 Å². The summed E-state index contributed by atoms with van der Waals surface area (Å²) >= 11 is 0. The smallest absolute Gasteiger partial charge is 0.127 e. The minimum atomic E-state index is 0.176. The Morgan fingerprint density at radius 2 is 1.90 bits per heavy atom. The van der Waals surface area contributed by atoms with Crippen LogP contribution in [0.5, 0.6) is 11.5 Å². The van der Waals surface area contributed by atoms with Crippen molar-refractivity contribution in [3.05, 3.63) is 23.8 Å². The summed E-state index contributed by atoms with van der Waals surface area (Å²) in [6.45, 7) is 3.73. The van der Waals surface area contributed by atoms with Crippen molar-refractivity contribution in [2.75, 3.05) is 48.6 Å². The van der Waals surface area contributed by atoms with E-state index in [2.05, 4.69) is 24.2 Å². The lowest BCUT2D eigenvalue weighted by Gasteiger charge is -2.29. The van der Waals surface area contributed by atoms with Crippen LogP contribution in [0.15, 0.2) is 18.2 Å². The summed E-state index contributed by atoms with van der Waals surface area (Å²) in [6.07, 6.45) is 0. The van der Waals surface area contributed by atoms with Crippen LogP contribution in [0.3, 0.4) is 0 Å². The fraction of sp³-hybridized carbons (Fsp3) is 0.625. The molecule has 1 N–H and O–H groups in total. The predicted octanol–water partition coefficient (Wildman–Crippen LogP) is 1.93. The Balaban J connectivity index is 2.89. The topological polar surface area (TPSA) is 43.0 Å². The van der Waals surface area contributed by atoms with Crippen molar-refractivity contribution in [1.29, 1.82) is 0 Å². The Labute approximate surface area is 128 Å². The van der Waals surface area contributed by atoms with E-state index in [0.29, 0.717) is 12.6 Å². The summed E-state index contributed by atoms with van der Waals surface area (Å²) in [5, 5.41) is 3.36. The minimum absolute atomic E-state index is 0.176. The second-order valence-electron chi connectivity index (χ2n) is 5.19. The van der Waals surface area contributed by atoms with Crippen LogP contribution >= 0.6 is 0 Å². The zero-order valence-corrected chi connectivity index (χ0v) is 14.0. The molecule has 0 amide bonds. The zero-order chi connectivity index (χ0) is 15.8. The van der Waals surface area contributed by atoms with Gasteiger partial charge in [-0.1, -0.05) is 6.07 Å². The van der Waals surface area contributed by atoms with Gasteiger partial charge in [-0.25, -0.2) is 0 Å². The van der Waals surface area contributed by atoms with Crippen LogP contribution in [0.1, 0.15) is 18.5 Å². The quantitative estimate of drug-likeness (QED) is 0.754. The van der Waals surface area contributed by atoms with Crippen LogP contribution < -0.4 is 14.8 Å². The minimum Gasteiger partial charge on any atom is -0.497 e. The fourth-order valence-electron chi connectivity index (χ4n) is 2.29. The molecule has 5 heteroatoms. The molecule has 120 valence electrons. The number of rotatable bonds is 9. The summed E-state index contributed by atoms with van der Waals surface area (Å²) in [6, 6.07) is 6.46. The molecule has 0 heterocycles. The molecule has 0 saturated carbocycles. The summed E-state index contributed by atoms with van der Waals surface area (Å²) < 4.78 is 16.0. The first-order chi connectivity index (χ1) is 10.1. The lowest BCUT2D eigenvalue weighted by atomic mass is 10.0. The molecule has 0 saturated heterocycles. The molecule has 0 fully saturated rings. The van der Waals surface area contributed by atoms with Gasteiger partial charge < -0.3 is 19.5 Å². The van der Waals surface area contributed by atoms with Gasteiger partial charge in [-0.3, -0.25) is 4.90 Å². The molecule has 0 aromatic heterocycles. The summed E-state index contributed by atoms with van der Waals surface area (Å²) in [7, 11) is 9.13. The first-order valence-electron chi connectivity index (χ1n) is 7.15. The van der Waals surface area contributed by atoms with E-state index < -0.39 is 0 Å². The molecular formula is C16H28N2O3. The number of benzene rings is 1. The molecule has 1 aromatic carbocycles. The second kappa shape index (κ2) is 8.87. The van der Waals surface area contributed by atoms with E-state index >= 15 is 0 Å². The second-order valence-corrected chi connectivity index (χ2v) is 5.19. The van der Waals surface area contributed by atoms with Gasteiger partial charge in [0.2, 0.25) is 0 Å². The van der Waals surface area contributed by atoms with Gasteiger partial charge in [0.25, 0.3) is 0 Å². The number of hydrogen-bond donors (Lipinski definition) is 1. The monoisotopic (exact) mass is 296 g/mol. The highest BCUT2D eigenvalue weighted by atomic mass is 16.5. The van der Waals surface area contributed by atoms with Gasteiger partial charge in [-0.05, 0) is 27.1 Å². The normalized spacial score (nSPS) is 14.0. The molecule has 1 aromatic rings. The average Bonchev–Trinajstić information content (AvgIpc) is 2.51. The van der Waals surface area contributed by atoms with E-state index in [1.807, 2.05) is 25.2 Å². The Bertz CT molecular complexity index is 426. The number of hydrogen-bond acceptors (Lipinski definition) is 5. The average molecular weight is 296 g/mol.